The number of nitrogens with one attached hydrogen (secondary N) is 1. The summed E-state index contributed by atoms with van der Waals surface area (Å²) in [6.45, 7) is 1.53. The minimum atomic E-state index is -0.472. The molecular formula is C13H17ClN2O3. The number of nitrogens with zero attached hydrogens (tertiary/aromatic N) is 1. The molecule has 5 nitrogen and oxygen atoms in total. The van der Waals surface area contributed by atoms with Gasteiger partial charge in [0.15, 0.2) is 0 Å². The Morgan fingerprint density at radius 3 is 3.05 bits per heavy atom. The molecular weight excluding hydrogens is 268 g/mol. The van der Waals surface area contributed by atoms with Crippen LogP contribution < -0.4 is 10.1 Å². The van der Waals surface area contributed by atoms with Gasteiger partial charge in [-0.3, -0.25) is 10.1 Å². The maximum atomic E-state index is 10.9. The van der Waals surface area contributed by atoms with Crippen molar-refractivity contribution >= 4 is 17.3 Å². The maximum absolute atomic E-state index is 10.9. The standard InChI is InChI=1S/C13H17ClN2O3/c14-11-6-1-7-12(16(17)18)13(11)19-9-3-5-10-4-2-8-15-10/h1,6-7,10,15H,2-5,8-9H2. The van der Waals surface area contributed by atoms with Crippen molar-refractivity contribution in [1.29, 1.82) is 0 Å². The molecule has 19 heavy (non-hydrogen) atoms. The quantitative estimate of drug-likeness (QED) is 0.495. The number of rotatable bonds is 6. The van der Waals surface area contributed by atoms with Gasteiger partial charge in [0.1, 0.15) is 0 Å². The highest BCUT2D eigenvalue weighted by Crippen LogP contribution is 2.34. The van der Waals surface area contributed by atoms with Crippen LogP contribution in [0.15, 0.2) is 18.2 Å². The lowest BCUT2D eigenvalue weighted by atomic mass is 10.1. The summed E-state index contributed by atoms with van der Waals surface area (Å²) in [7, 11) is 0. The van der Waals surface area contributed by atoms with Gasteiger partial charge in [0.2, 0.25) is 5.75 Å². The van der Waals surface area contributed by atoms with Gasteiger partial charge in [-0.1, -0.05) is 17.7 Å². The Balaban J connectivity index is 1.86. The molecule has 1 N–H and O–H groups in total. The Hall–Kier alpha value is -1.33. The molecule has 1 unspecified atom stereocenters. The second-order valence-corrected chi connectivity index (χ2v) is 5.04. The molecule has 0 aromatic heterocycles. The average Bonchev–Trinajstić information content (AvgIpc) is 2.88. The van der Waals surface area contributed by atoms with Crippen molar-refractivity contribution in [3.05, 3.63) is 33.3 Å². The minimum Gasteiger partial charge on any atom is -0.486 e. The summed E-state index contributed by atoms with van der Waals surface area (Å²) >= 11 is 5.94. The van der Waals surface area contributed by atoms with Crippen LogP contribution in [-0.4, -0.2) is 24.1 Å². The molecule has 1 aliphatic rings. The first-order valence-corrected chi connectivity index (χ1v) is 6.85. The summed E-state index contributed by atoms with van der Waals surface area (Å²) in [5, 5.41) is 14.6. The summed E-state index contributed by atoms with van der Waals surface area (Å²) in [6, 6.07) is 5.11. The summed E-state index contributed by atoms with van der Waals surface area (Å²) in [6.07, 6.45) is 4.31. The smallest absolute Gasteiger partial charge is 0.312 e. The molecule has 1 aromatic carbocycles. The van der Waals surface area contributed by atoms with E-state index in [0.29, 0.717) is 12.6 Å². The van der Waals surface area contributed by atoms with Crippen LogP contribution in [0.5, 0.6) is 5.75 Å². The van der Waals surface area contributed by atoms with Gasteiger partial charge in [-0.25, -0.2) is 0 Å². The zero-order valence-electron chi connectivity index (χ0n) is 10.6. The number of ether oxygens (including phenoxy) is 1. The number of nitro benzene ring substituents is 1. The molecule has 1 atom stereocenters. The van der Waals surface area contributed by atoms with Crippen LogP contribution in [0.2, 0.25) is 5.02 Å². The van der Waals surface area contributed by atoms with E-state index in [0.717, 1.165) is 19.4 Å². The predicted molar refractivity (Wildman–Crippen MR) is 73.9 cm³/mol. The first kappa shape index (κ1) is 14.1. The van der Waals surface area contributed by atoms with Crippen molar-refractivity contribution in [3.63, 3.8) is 0 Å². The largest absolute Gasteiger partial charge is 0.486 e. The van der Waals surface area contributed by atoms with Crippen LogP contribution in [0.3, 0.4) is 0 Å². The van der Waals surface area contributed by atoms with Gasteiger partial charge in [0.05, 0.1) is 16.6 Å². The van der Waals surface area contributed by atoms with E-state index in [9.17, 15) is 10.1 Å². The molecule has 1 saturated heterocycles. The second-order valence-electron chi connectivity index (χ2n) is 4.63. The first-order valence-electron chi connectivity index (χ1n) is 6.47. The third-order valence-electron chi connectivity index (χ3n) is 3.25. The van der Waals surface area contributed by atoms with Gasteiger partial charge in [-0.15, -0.1) is 0 Å². The summed E-state index contributed by atoms with van der Waals surface area (Å²) in [4.78, 5) is 10.4. The van der Waals surface area contributed by atoms with E-state index in [1.807, 2.05) is 0 Å². The van der Waals surface area contributed by atoms with Crippen molar-refractivity contribution in [1.82, 2.24) is 5.32 Å². The fourth-order valence-corrected chi connectivity index (χ4v) is 2.52. The zero-order valence-corrected chi connectivity index (χ0v) is 11.4. The lowest BCUT2D eigenvalue weighted by molar-refractivity contribution is -0.385. The SMILES string of the molecule is O=[N+]([O-])c1cccc(Cl)c1OCCCC1CCCN1. The molecule has 104 valence electrons. The molecule has 0 radical (unpaired) electrons. The summed E-state index contributed by atoms with van der Waals surface area (Å²) in [5.74, 6) is 0.175. The van der Waals surface area contributed by atoms with E-state index in [1.165, 1.54) is 18.9 Å². The number of benzene rings is 1. The van der Waals surface area contributed by atoms with Gasteiger partial charge in [-0.05, 0) is 38.3 Å². The lowest BCUT2D eigenvalue weighted by Gasteiger charge is -2.11. The van der Waals surface area contributed by atoms with E-state index in [2.05, 4.69) is 5.32 Å². The van der Waals surface area contributed by atoms with Crippen molar-refractivity contribution in [3.8, 4) is 5.75 Å². The van der Waals surface area contributed by atoms with Crippen molar-refractivity contribution < 1.29 is 9.66 Å². The Kier molecular flexibility index (Phi) is 4.99. The third kappa shape index (κ3) is 3.81. The molecule has 0 aliphatic carbocycles. The highest BCUT2D eigenvalue weighted by Gasteiger charge is 2.18. The Labute approximate surface area is 117 Å². The number of hydrogen-bond acceptors (Lipinski definition) is 4. The van der Waals surface area contributed by atoms with Gasteiger partial charge < -0.3 is 10.1 Å². The third-order valence-corrected chi connectivity index (χ3v) is 3.55. The predicted octanol–water partition coefficient (Wildman–Crippen LogP) is 3.16. The van der Waals surface area contributed by atoms with Crippen LogP contribution >= 0.6 is 11.6 Å². The molecule has 6 heteroatoms. The zero-order chi connectivity index (χ0) is 13.7. The first-order chi connectivity index (χ1) is 9.18. The van der Waals surface area contributed by atoms with E-state index >= 15 is 0 Å². The molecule has 0 amide bonds. The molecule has 1 aliphatic heterocycles. The average molecular weight is 285 g/mol. The van der Waals surface area contributed by atoms with Crippen LogP contribution in [0.1, 0.15) is 25.7 Å². The van der Waals surface area contributed by atoms with Gasteiger partial charge in [-0.2, -0.15) is 0 Å². The molecule has 1 fully saturated rings. The fourth-order valence-electron chi connectivity index (χ4n) is 2.29. The molecule has 0 spiro atoms. The monoisotopic (exact) mass is 284 g/mol. The number of hydrogen-bond donors (Lipinski definition) is 1. The molecule has 1 aromatic rings. The topological polar surface area (TPSA) is 64.4 Å². The van der Waals surface area contributed by atoms with Crippen LogP contribution in [0.25, 0.3) is 0 Å². The fraction of sp³-hybridized carbons (Fsp3) is 0.538. The highest BCUT2D eigenvalue weighted by molar-refractivity contribution is 6.32. The van der Waals surface area contributed by atoms with Crippen molar-refractivity contribution in [2.75, 3.05) is 13.2 Å². The maximum Gasteiger partial charge on any atom is 0.312 e. The number of halogens is 1. The number of para-hydroxylation sites is 1. The Morgan fingerprint density at radius 2 is 2.37 bits per heavy atom. The lowest BCUT2D eigenvalue weighted by Crippen LogP contribution is -2.21. The normalized spacial score (nSPS) is 18.5. The molecule has 1 heterocycles. The van der Waals surface area contributed by atoms with Crippen molar-refractivity contribution in [2.24, 2.45) is 0 Å². The second kappa shape index (κ2) is 6.73. The van der Waals surface area contributed by atoms with Crippen LogP contribution in [-0.2, 0) is 0 Å². The van der Waals surface area contributed by atoms with Gasteiger partial charge in [0.25, 0.3) is 0 Å². The number of nitro groups is 1. The van der Waals surface area contributed by atoms with E-state index < -0.39 is 4.92 Å². The summed E-state index contributed by atoms with van der Waals surface area (Å²) in [5.41, 5.74) is -0.0773. The minimum absolute atomic E-state index is 0.0773. The summed E-state index contributed by atoms with van der Waals surface area (Å²) < 4.78 is 5.49. The molecule has 2 rings (SSSR count). The van der Waals surface area contributed by atoms with E-state index in [-0.39, 0.29) is 16.5 Å². The molecule has 0 bridgehead atoms. The highest BCUT2D eigenvalue weighted by atomic mass is 35.5. The van der Waals surface area contributed by atoms with Gasteiger partial charge in [0, 0.05) is 12.1 Å². The molecule has 0 saturated carbocycles. The van der Waals surface area contributed by atoms with Gasteiger partial charge >= 0.3 is 5.69 Å². The van der Waals surface area contributed by atoms with E-state index in [4.69, 9.17) is 16.3 Å². The van der Waals surface area contributed by atoms with Crippen molar-refractivity contribution in [2.45, 2.75) is 31.7 Å². The van der Waals surface area contributed by atoms with Crippen LogP contribution in [0.4, 0.5) is 5.69 Å². The van der Waals surface area contributed by atoms with E-state index in [1.54, 1.807) is 12.1 Å². The van der Waals surface area contributed by atoms with Crippen LogP contribution in [0, 0.1) is 10.1 Å². The Bertz CT molecular complexity index is 448. The Morgan fingerprint density at radius 1 is 1.53 bits per heavy atom.